The van der Waals surface area contributed by atoms with Gasteiger partial charge in [-0.15, -0.1) is 0 Å². The molecule has 1 rings (SSSR count). The Morgan fingerprint density at radius 2 is 2.00 bits per heavy atom. The number of rotatable bonds is 5. The number of hydrogen-bond donors (Lipinski definition) is 2. The number of aryl methyl sites for hydroxylation is 2. The third-order valence-electron chi connectivity index (χ3n) is 2.36. The molecular weight excluding hydrogens is 202 g/mol. The fraction of sp³-hybridized carbons (Fsp3) is 0.462. The van der Waals surface area contributed by atoms with E-state index in [1.54, 1.807) is 6.92 Å². The molecule has 0 saturated heterocycles. The van der Waals surface area contributed by atoms with Gasteiger partial charge in [0.15, 0.2) is 0 Å². The van der Waals surface area contributed by atoms with E-state index in [2.05, 4.69) is 5.32 Å². The van der Waals surface area contributed by atoms with Crippen LogP contribution >= 0.6 is 0 Å². The molecule has 0 aromatic heterocycles. The summed E-state index contributed by atoms with van der Waals surface area (Å²) in [6.45, 7) is 4.02. The van der Waals surface area contributed by atoms with Crippen LogP contribution in [0.5, 0.6) is 0 Å². The maximum absolute atomic E-state index is 11.4. The summed E-state index contributed by atoms with van der Waals surface area (Å²) in [5, 5.41) is 11.7. The van der Waals surface area contributed by atoms with Gasteiger partial charge in [0, 0.05) is 13.0 Å². The molecule has 1 aromatic rings. The Morgan fingerprint density at radius 3 is 2.56 bits per heavy atom. The van der Waals surface area contributed by atoms with E-state index in [0.717, 1.165) is 12.0 Å². The fourth-order valence-corrected chi connectivity index (χ4v) is 1.36. The van der Waals surface area contributed by atoms with Gasteiger partial charge in [-0.2, -0.15) is 0 Å². The zero-order chi connectivity index (χ0) is 12.0. The number of hydrogen-bond acceptors (Lipinski definition) is 2. The van der Waals surface area contributed by atoms with Crippen molar-refractivity contribution < 1.29 is 9.90 Å². The van der Waals surface area contributed by atoms with Gasteiger partial charge < -0.3 is 10.4 Å². The molecule has 0 radical (unpaired) electrons. The summed E-state index contributed by atoms with van der Waals surface area (Å²) in [7, 11) is 0. The lowest BCUT2D eigenvalue weighted by Gasteiger charge is -2.07. The van der Waals surface area contributed by atoms with E-state index < -0.39 is 6.10 Å². The monoisotopic (exact) mass is 221 g/mol. The summed E-state index contributed by atoms with van der Waals surface area (Å²) in [6, 6.07) is 8.17. The minimum Gasteiger partial charge on any atom is -0.392 e. The summed E-state index contributed by atoms with van der Waals surface area (Å²) in [5.41, 5.74) is 2.39. The van der Waals surface area contributed by atoms with Gasteiger partial charge in [0.05, 0.1) is 6.10 Å². The maximum Gasteiger partial charge on any atom is 0.220 e. The third-order valence-corrected chi connectivity index (χ3v) is 2.36. The first-order valence-corrected chi connectivity index (χ1v) is 5.58. The molecule has 0 aliphatic carbocycles. The van der Waals surface area contributed by atoms with Crippen LogP contribution in [0.15, 0.2) is 24.3 Å². The summed E-state index contributed by atoms with van der Waals surface area (Å²) >= 11 is 0. The molecule has 2 N–H and O–H groups in total. The van der Waals surface area contributed by atoms with Crippen molar-refractivity contribution in [2.45, 2.75) is 32.8 Å². The zero-order valence-corrected chi connectivity index (χ0v) is 9.86. The third kappa shape index (κ3) is 4.94. The Morgan fingerprint density at radius 1 is 1.38 bits per heavy atom. The topological polar surface area (TPSA) is 49.3 Å². The highest BCUT2D eigenvalue weighted by Crippen LogP contribution is 2.05. The Bertz CT molecular complexity index is 330. The SMILES string of the molecule is Cc1ccc(CCC(=O)NCC(C)O)cc1. The number of aliphatic hydroxyl groups excluding tert-OH is 1. The molecular formula is C13H19NO2. The van der Waals surface area contributed by atoms with Crippen molar-refractivity contribution in [3.63, 3.8) is 0 Å². The molecule has 0 bridgehead atoms. The first-order chi connectivity index (χ1) is 7.58. The van der Waals surface area contributed by atoms with Crippen LogP contribution in [0.4, 0.5) is 0 Å². The van der Waals surface area contributed by atoms with Crippen molar-refractivity contribution in [3.8, 4) is 0 Å². The molecule has 3 heteroatoms. The lowest BCUT2D eigenvalue weighted by Crippen LogP contribution is -2.30. The number of aliphatic hydroxyl groups is 1. The number of carbonyl (C=O) groups excluding carboxylic acids is 1. The molecule has 16 heavy (non-hydrogen) atoms. The molecule has 0 spiro atoms. The molecule has 0 fully saturated rings. The number of carbonyl (C=O) groups is 1. The van der Waals surface area contributed by atoms with Crippen LogP contribution in [0.3, 0.4) is 0 Å². The lowest BCUT2D eigenvalue weighted by molar-refractivity contribution is -0.121. The standard InChI is InChI=1S/C13H19NO2/c1-10-3-5-12(6-4-10)7-8-13(16)14-9-11(2)15/h3-6,11,15H,7-9H2,1-2H3,(H,14,16). The second-order valence-electron chi connectivity index (χ2n) is 4.14. The number of amides is 1. The van der Waals surface area contributed by atoms with Crippen LogP contribution in [0.1, 0.15) is 24.5 Å². The predicted octanol–water partition coefficient (Wildman–Crippen LogP) is 1.42. The molecule has 0 aliphatic heterocycles. The molecule has 1 atom stereocenters. The fourth-order valence-electron chi connectivity index (χ4n) is 1.36. The Balaban J connectivity index is 2.29. The van der Waals surface area contributed by atoms with E-state index in [1.165, 1.54) is 5.56 Å². The highest BCUT2D eigenvalue weighted by atomic mass is 16.3. The summed E-state index contributed by atoms with van der Waals surface area (Å²) in [4.78, 5) is 11.4. The lowest BCUT2D eigenvalue weighted by atomic mass is 10.1. The molecule has 1 amide bonds. The second kappa shape index (κ2) is 6.28. The van der Waals surface area contributed by atoms with Crippen LogP contribution in [-0.2, 0) is 11.2 Å². The van der Waals surface area contributed by atoms with E-state index in [-0.39, 0.29) is 5.91 Å². The predicted molar refractivity (Wildman–Crippen MR) is 64.2 cm³/mol. The van der Waals surface area contributed by atoms with Crippen molar-refractivity contribution in [1.29, 1.82) is 0 Å². The van der Waals surface area contributed by atoms with Gasteiger partial charge in [-0.05, 0) is 25.8 Å². The van der Waals surface area contributed by atoms with E-state index in [1.807, 2.05) is 31.2 Å². The van der Waals surface area contributed by atoms with Gasteiger partial charge in [0.1, 0.15) is 0 Å². The molecule has 88 valence electrons. The van der Waals surface area contributed by atoms with Crippen molar-refractivity contribution in [2.75, 3.05) is 6.54 Å². The van der Waals surface area contributed by atoms with Gasteiger partial charge in [-0.1, -0.05) is 29.8 Å². The van der Waals surface area contributed by atoms with Crippen molar-refractivity contribution in [3.05, 3.63) is 35.4 Å². The van der Waals surface area contributed by atoms with Crippen molar-refractivity contribution in [1.82, 2.24) is 5.32 Å². The molecule has 3 nitrogen and oxygen atoms in total. The second-order valence-corrected chi connectivity index (χ2v) is 4.14. The minimum atomic E-state index is -0.483. The van der Waals surface area contributed by atoms with Crippen LogP contribution in [-0.4, -0.2) is 23.7 Å². The van der Waals surface area contributed by atoms with Crippen LogP contribution in [0, 0.1) is 6.92 Å². The van der Waals surface area contributed by atoms with Gasteiger partial charge in [-0.25, -0.2) is 0 Å². The Kier molecular flexibility index (Phi) is 4.99. The first-order valence-electron chi connectivity index (χ1n) is 5.58. The van der Waals surface area contributed by atoms with Crippen LogP contribution in [0.25, 0.3) is 0 Å². The van der Waals surface area contributed by atoms with Gasteiger partial charge in [-0.3, -0.25) is 4.79 Å². The Labute approximate surface area is 96.5 Å². The van der Waals surface area contributed by atoms with Crippen molar-refractivity contribution in [2.24, 2.45) is 0 Å². The number of benzene rings is 1. The quantitative estimate of drug-likeness (QED) is 0.790. The van der Waals surface area contributed by atoms with E-state index >= 15 is 0 Å². The average Bonchev–Trinajstić information content (AvgIpc) is 2.25. The smallest absolute Gasteiger partial charge is 0.220 e. The van der Waals surface area contributed by atoms with Crippen LogP contribution < -0.4 is 5.32 Å². The summed E-state index contributed by atoms with van der Waals surface area (Å²) in [6.07, 6.45) is 0.727. The van der Waals surface area contributed by atoms with Gasteiger partial charge in [0.2, 0.25) is 5.91 Å². The van der Waals surface area contributed by atoms with E-state index in [9.17, 15) is 4.79 Å². The average molecular weight is 221 g/mol. The molecule has 1 unspecified atom stereocenters. The van der Waals surface area contributed by atoms with Gasteiger partial charge >= 0.3 is 0 Å². The first kappa shape index (κ1) is 12.7. The Hall–Kier alpha value is -1.35. The van der Waals surface area contributed by atoms with E-state index in [0.29, 0.717) is 13.0 Å². The maximum atomic E-state index is 11.4. The summed E-state index contributed by atoms with van der Waals surface area (Å²) < 4.78 is 0. The number of nitrogens with one attached hydrogen (secondary N) is 1. The van der Waals surface area contributed by atoms with Crippen molar-refractivity contribution >= 4 is 5.91 Å². The molecule has 1 aromatic carbocycles. The molecule has 0 saturated carbocycles. The van der Waals surface area contributed by atoms with Gasteiger partial charge in [0.25, 0.3) is 0 Å². The van der Waals surface area contributed by atoms with E-state index in [4.69, 9.17) is 5.11 Å². The van der Waals surface area contributed by atoms with Crippen LogP contribution in [0.2, 0.25) is 0 Å². The normalized spacial score (nSPS) is 12.2. The largest absolute Gasteiger partial charge is 0.392 e. The zero-order valence-electron chi connectivity index (χ0n) is 9.86. The summed E-state index contributed by atoms with van der Waals surface area (Å²) in [5.74, 6) is -0.0125. The highest BCUT2D eigenvalue weighted by Gasteiger charge is 2.03. The molecule has 0 heterocycles. The highest BCUT2D eigenvalue weighted by molar-refractivity contribution is 5.76. The molecule has 0 aliphatic rings. The minimum absolute atomic E-state index is 0.0125.